The molecule has 152 valence electrons. The first-order chi connectivity index (χ1) is 13.6. The number of hydrogen-bond acceptors (Lipinski definition) is 2. The van der Waals surface area contributed by atoms with Gasteiger partial charge in [0.05, 0.1) is 0 Å². The lowest BCUT2D eigenvalue weighted by Gasteiger charge is -2.15. The summed E-state index contributed by atoms with van der Waals surface area (Å²) >= 11 is 0. The number of hydrogen-bond donors (Lipinski definition) is 2. The highest BCUT2D eigenvalue weighted by molar-refractivity contribution is 7.46. The molecule has 3 aromatic carbocycles. The van der Waals surface area contributed by atoms with Crippen LogP contribution in [0.4, 0.5) is 0 Å². The smallest absolute Gasteiger partial charge is 0.404 e. The van der Waals surface area contributed by atoms with Crippen molar-refractivity contribution in [2.75, 3.05) is 0 Å². The average Bonchev–Trinajstić information content (AvgIpc) is 2.67. The molecule has 0 spiro atoms. The second-order valence-electron chi connectivity index (χ2n) is 7.85. The molecule has 0 aromatic heterocycles. The highest BCUT2D eigenvalue weighted by atomic mass is 31.2. The van der Waals surface area contributed by atoms with Gasteiger partial charge in [-0.3, -0.25) is 9.79 Å². The predicted molar refractivity (Wildman–Crippen MR) is 118 cm³/mol. The van der Waals surface area contributed by atoms with Crippen LogP contribution in [0.1, 0.15) is 50.7 Å². The highest BCUT2D eigenvalue weighted by Crippen LogP contribution is 2.43. The number of benzene rings is 3. The van der Waals surface area contributed by atoms with Gasteiger partial charge in [0.1, 0.15) is 5.75 Å². The quantitative estimate of drug-likeness (QED) is 0.442. The van der Waals surface area contributed by atoms with E-state index < -0.39 is 7.82 Å². The minimum absolute atomic E-state index is 0.165. The number of phosphoric acid groups is 1. The van der Waals surface area contributed by atoms with Crippen molar-refractivity contribution in [2.24, 2.45) is 0 Å². The first-order valence-electron chi connectivity index (χ1n) is 9.74. The molecular formula is C24H27O4P. The summed E-state index contributed by atoms with van der Waals surface area (Å²) in [5, 5.41) is 0. The predicted octanol–water partition coefficient (Wildman–Crippen LogP) is 6.74. The van der Waals surface area contributed by atoms with Gasteiger partial charge < -0.3 is 4.52 Å². The lowest BCUT2D eigenvalue weighted by Crippen LogP contribution is -1.94. The van der Waals surface area contributed by atoms with Crippen molar-refractivity contribution >= 4 is 7.82 Å². The Hall–Kier alpha value is -2.39. The van der Waals surface area contributed by atoms with Gasteiger partial charge in [-0.1, -0.05) is 82.3 Å². The van der Waals surface area contributed by atoms with Crippen molar-refractivity contribution in [3.05, 3.63) is 77.9 Å². The van der Waals surface area contributed by atoms with Crippen LogP contribution in [0.5, 0.6) is 5.75 Å². The van der Waals surface area contributed by atoms with Crippen LogP contribution in [0.2, 0.25) is 0 Å². The fourth-order valence-electron chi connectivity index (χ4n) is 3.25. The Bertz CT molecular complexity index is 1020. The van der Waals surface area contributed by atoms with E-state index in [1.165, 1.54) is 11.1 Å². The third kappa shape index (κ3) is 5.36. The van der Waals surface area contributed by atoms with Crippen LogP contribution in [-0.2, 0) is 4.57 Å². The van der Waals surface area contributed by atoms with E-state index in [0.29, 0.717) is 17.4 Å². The van der Waals surface area contributed by atoms with Gasteiger partial charge in [-0.15, -0.1) is 0 Å². The Kier molecular flexibility index (Phi) is 6.28. The second kappa shape index (κ2) is 8.54. The molecule has 3 rings (SSSR count). The van der Waals surface area contributed by atoms with E-state index in [1.54, 1.807) is 6.07 Å². The minimum Gasteiger partial charge on any atom is -0.404 e. The molecule has 4 nitrogen and oxygen atoms in total. The molecule has 0 aliphatic heterocycles. The van der Waals surface area contributed by atoms with Crippen LogP contribution >= 0.6 is 7.82 Å². The van der Waals surface area contributed by atoms with Crippen molar-refractivity contribution in [1.82, 2.24) is 0 Å². The summed E-state index contributed by atoms with van der Waals surface area (Å²) < 4.78 is 16.4. The van der Waals surface area contributed by atoms with Gasteiger partial charge >= 0.3 is 7.82 Å². The molecule has 0 saturated heterocycles. The van der Waals surface area contributed by atoms with Crippen molar-refractivity contribution in [2.45, 2.75) is 39.5 Å². The number of rotatable bonds is 6. The molecule has 29 heavy (non-hydrogen) atoms. The maximum atomic E-state index is 11.5. The molecule has 0 atom stereocenters. The first-order valence-corrected chi connectivity index (χ1v) is 11.3. The van der Waals surface area contributed by atoms with Crippen LogP contribution < -0.4 is 4.52 Å². The third-order valence-corrected chi connectivity index (χ3v) is 5.43. The van der Waals surface area contributed by atoms with Gasteiger partial charge in [-0.2, -0.15) is 0 Å². The van der Waals surface area contributed by atoms with Crippen LogP contribution in [-0.4, -0.2) is 9.79 Å². The maximum absolute atomic E-state index is 11.5. The van der Waals surface area contributed by atoms with Crippen molar-refractivity contribution < 1.29 is 18.9 Å². The zero-order valence-corrected chi connectivity index (χ0v) is 18.1. The monoisotopic (exact) mass is 410 g/mol. The Morgan fingerprint density at radius 1 is 0.690 bits per heavy atom. The Morgan fingerprint density at radius 3 is 1.59 bits per heavy atom. The summed E-state index contributed by atoms with van der Waals surface area (Å²) in [5.74, 6) is 1.02. The molecule has 0 aliphatic carbocycles. The van der Waals surface area contributed by atoms with Crippen LogP contribution in [0.3, 0.4) is 0 Å². The van der Waals surface area contributed by atoms with Crippen molar-refractivity contribution in [3.8, 4) is 28.0 Å². The van der Waals surface area contributed by atoms with E-state index in [0.717, 1.165) is 16.7 Å². The Labute approximate surface area is 172 Å². The van der Waals surface area contributed by atoms with E-state index in [4.69, 9.17) is 4.52 Å². The zero-order valence-electron chi connectivity index (χ0n) is 17.2. The Balaban J connectivity index is 2.07. The second-order valence-corrected chi connectivity index (χ2v) is 9.01. The zero-order chi connectivity index (χ0) is 21.2. The normalized spacial score (nSPS) is 11.9. The van der Waals surface area contributed by atoms with Gasteiger partial charge in [-0.05, 0) is 51.8 Å². The molecule has 5 heteroatoms. The molecule has 0 bridgehead atoms. The fraction of sp³-hybridized carbons (Fsp3) is 0.250. The topological polar surface area (TPSA) is 66.8 Å². The molecule has 0 unspecified atom stereocenters. The summed E-state index contributed by atoms with van der Waals surface area (Å²) in [7, 11) is -4.66. The number of phosphoric ester groups is 1. The molecule has 0 heterocycles. The van der Waals surface area contributed by atoms with E-state index in [9.17, 15) is 14.4 Å². The molecule has 3 aromatic rings. The average molecular weight is 410 g/mol. The van der Waals surface area contributed by atoms with Gasteiger partial charge in [0.25, 0.3) is 0 Å². The standard InChI is InChI=1S/C24H27O4P/c1-16(2)18-5-9-20(10-6-18)22-13-14-24(28-29(25,26)27)23(15-22)21-11-7-19(8-12-21)17(3)4/h5-17H,1-4H3,(H2,25,26,27). The van der Waals surface area contributed by atoms with E-state index in [1.807, 2.05) is 36.4 Å². The summed E-state index contributed by atoms with van der Waals surface area (Å²) in [4.78, 5) is 18.6. The lowest BCUT2D eigenvalue weighted by molar-refractivity contribution is 0.283. The van der Waals surface area contributed by atoms with Crippen molar-refractivity contribution in [1.29, 1.82) is 0 Å². The Morgan fingerprint density at radius 2 is 1.14 bits per heavy atom. The lowest BCUT2D eigenvalue weighted by atomic mass is 9.94. The van der Waals surface area contributed by atoms with Gasteiger partial charge in [-0.25, -0.2) is 4.57 Å². The van der Waals surface area contributed by atoms with Gasteiger partial charge in [0.2, 0.25) is 0 Å². The van der Waals surface area contributed by atoms with Crippen LogP contribution in [0, 0.1) is 0 Å². The summed E-state index contributed by atoms with van der Waals surface area (Å²) in [6, 6.07) is 21.7. The fourth-order valence-corrected chi connectivity index (χ4v) is 3.67. The highest BCUT2D eigenvalue weighted by Gasteiger charge is 2.20. The molecule has 0 amide bonds. The van der Waals surface area contributed by atoms with Crippen molar-refractivity contribution in [3.63, 3.8) is 0 Å². The molecule has 2 N–H and O–H groups in total. The molecule has 0 aliphatic rings. The molecule has 0 saturated carbocycles. The maximum Gasteiger partial charge on any atom is 0.524 e. The minimum atomic E-state index is -4.66. The molecule has 0 radical (unpaired) electrons. The van der Waals surface area contributed by atoms with E-state index in [-0.39, 0.29) is 5.75 Å². The summed E-state index contributed by atoms with van der Waals surface area (Å²) in [6.07, 6.45) is 0. The van der Waals surface area contributed by atoms with Crippen LogP contribution in [0.25, 0.3) is 22.3 Å². The van der Waals surface area contributed by atoms with Gasteiger partial charge in [0.15, 0.2) is 0 Å². The molecule has 0 fully saturated rings. The largest absolute Gasteiger partial charge is 0.524 e. The van der Waals surface area contributed by atoms with E-state index >= 15 is 0 Å². The van der Waals surface area contributed by atoms with Gasteiger partial charge in [0, 0.05) is 5.56 Å². The summed E-state index contributed by atoms with van der Waals surface area (Å²) in [5.41, 5.74) is 5.96. The first kappa shape index (κ1) is 21.3. The van der Waals surface area contributed by atoms with E-state index in [2.05, 4.69) is 52.0 Å². The molecular weight excluding hydrogens is 383 g/mol. The SMILES string of the molecule is CC(C)c1ccc(-c2ccc(OP(=O)(O)O)c(-c3ccc(C(C)C)cc3)c2)cc1. The van der Waals surface area contributed by atoms with Crippen LogP contribution in [0.15, 0.2) is 66.7 Å². The third-order valence-electron chi connectivity index (χ3n) is 5.00. The summed E-state index contributed by atoms with van der Waals surface area (Å²) in [6.45, 7) is 8.56.